The van der Waals surface area contributed by atoms with Crippen LogP contribution in [0.25, 0.3) is 0 Å². The Bertz CT molecular complexity index is 222. The molecular formula is C15H32N2. The first-order valence-corrected chi connectivity index (χ1v) is 7.25. The van der Waals surface area contributed by atoms with E-state index in [2.05, 4.69) is 51.8 Å². The predicted octanol–water partition coefficient (Wildman–Crippen LogP) is 3.28. The van der Waals surface area contributed by atoms with Crippen LogP contribution in [0.3, 0.4) is 0 Å². The minimum Gasteiger partial charge on any atom is -0.311 e. The first-order chi connectivity index (χ1) is 7.76. The van der Waals surface area contributed by atoms with Crippen molar-refractivity contribution in [1.82, 2.24) is 10.2 Å². The third-order valence-electron chi connectivity index (χ3n) is 4.41. The van der Waals surface area contributed by atoms with Gasteiger partial charge in [0.15, 0.2) is 0 Å². The molecule has 1 rings (SSSR count). The van der Waals surface area contributed by atoms with E-state index < -0.39 is 0 Å². The van der Waals surface area contributed by atoms with Gasteiger partial charge in [0.1, 0.15) is 0 Å². The molecule has 1 aliphatic rings. The van der Waals surface area contributed by atoms with Crippen LogP contribution in [-0.4, -0.2) is 36.1 Å². The smallest absolute Gasteiger partial charge is 0.0192 e. The Balaban J connectivity index is 2.33. The molecule has 0 saturated carbocycles. The molecule has 0 aromatic heterocycles. The molecule has 0 aromatic rings. The van der Waals surface area contributed by atoms with Crippen LogP contribution in [0.1, 0.15) is 60.8 Å². The number of likely N-dealkylation sites (tertiary alicyclic amines) is 1. The fraction of sp³-hybridized carbons (Fsp3) is 1.00. The highest BCUT2D eigenvalue weighted by Gasteiger charge is 2.30. The zero-order valence-electron chi connectivity index (χ0n) is 12.8. The highest BCUT2D eigenvalue weighted by atomic mass is 15.2. The van der Waals surface area contributed by atoms with Crippen molar-refractivity contribution in [1.29, 1.82) is 0 Å². The van der Waals surface area contributed by atoms with Crippen LogP contribution in [0.4, 0.5) is 0 Å². The second kappa shape index (κ2) is 5.71. The Morgan fingerprint density at radius 3 is 2.18 bits per heavy atom. The lowest BCUT2D eigenvalue weighted by atomic mass is 9.78. The van der Waals surface area contributed by atoms with E-state index in [-0.39, 0.29) is 5.54 Å². The summed E-state index contributed by atoms with van der Waals surface area (Å²) in [6, 6.07) is 0.663. The molecule has 17 heavy (non-hydrogen) atoms. The first-order valence-electron chi connectivity index (χ1n) is 7.25. The molecule has 0 spiro atoms. The van der Waals surface area contributed by atoms with Gasteiger partial charge in [-0.2, -0.15) is 0 Å². The number of hydrogen-bond donors (Lipinski definition) is 1. The summed E-state index contributed by atoms with van der Waals surface area (Å²) in [5.41, 5.74) is 0.843. The average molecular weight is 240 g/mol. The molecule has 1 N–H and O–H groups in total. The van der Waals surface area contributed by atoms with Crippen LogP contribution in [0.15, 0.2) is 0 Å². The van der Waals surface area contributed by atoms with Crippen molar-refractivity contribution in [2.24, 2.45) is 5.41 Å². The predicted molar refractivity (Wildman–Crippen MR) is 76.4 cm³/mol. The third-order valence-corrected chi connectivity index (χ3v) is 4.41. The second-order valence-electron chi connectivity index (χ2n) is 7.18. The van der Waals surface area contributed by atoms with Crippen LogP contribution in [0.5, 0.6) is 0 Å². The lowest BCUT2D eigenvalue weighted by Gasteiger charge is -2.42. The SMILES string of the molecule is CCC1(C)CCN(C(C)CNC(C)(C)C)CC1. The van der Waals surface area contributed by atoms with Crippen molar-refractivity contribution in [2.45, 2.75) is 72.4 Å². The minimum atomic E-state index is 0.238. The zero-order valence-corrected chi connectivity index (χ0v) is 12.8. The summed E-state index contributed by atoms with van der Waals surface area (Å²) in [6.07, 6.45) is 4.06. The highest BCUT2D eigenvalue weighted by molar-refractivity contribution is 4.85. The van der Waals surface area contributed by atoms with Gasteiger partial charge in [0.2, 0.25) is 0 Å². The van der Waals surface area contributed by atoms with E-state index in [0.29, 0.717) is 11.5 Å². The Morgan fingerprint density at radius 1 is 1.24 bits per heavy atom. The molecule has 1 aliphatic heterocycles. The van der Waals surface area contributed by atoms with Crippen molar-refractivity contribution >= 4 is 0 Å². The van der Waals surface area contributed by atoms with Gasteiger partial charge in [0, 0.05) is 18.1 Å². The summed E-state index contributed by atoms with van der Waals surface area (Å²) in [5, 5.41) is 3.61. The molecular weight excluding hydrogens is 208 g/mol. The average Bonchev–Trinajstić information content (AvgIpc) is 2.26. The monoisotopic (exact) mass is 240 g/mol. The Hall–Kier alpha value is -0.0800. The van der Waals surface area contributed by atoms with E-state index in [1.54, 1.807) is 0 Å². The normalized spacial score (nSPS) is 23.6. The number of piperidine rings is 1. The molecule has 0 aromatic carbocycles. The number of rotatable bonds is 4. The summed E-state index contributed by atoms with van der Waals surface area (Å²) < 4.78 is 0. The lowest BCUT2D eigenvalue weighted by molar-refractivity contribution is 0.0837. The van der Waals surface area contributed by atoms with Crippen molar-refractivity contribution in [3.8, 4) is 0 Å². The number of nitrogens with zero attached hydrogens (tertiary/aromatic N) is 1. The van der Waals surface area contributed by atoms with Gasteiger partial charge in [-0.3, -0.25) is 4.90 Å². The molecule has 2 nitrogen and oxygen atoms in total. The summed E-state index contributed by atoms with van der Waals surface area (Å²) in [6.45, 7) is 17.5. The van der Waals surface area contributed by atoms with Crippen molar-refractivity contribution in [3.05, 3.63) is 0 Å². The molecule has 1 atom stereocenters. The number of hydrogen-bond acceptors (Lipinski definition) is 2. The van der Waals surface area contributed by atoms with Crippen LogP contribution in [0.2, 0.25) is 0 Å². The summed E-state index contributed by atoms with van der Waals surface area (Å²) in [4.78, 5) is 2.65. The number of nitrogens with one attached hydrogen (secondary N) is 1. The van der Waals surface area contributed by atoms with Crippen LogP contribution in [0, 0.1) is 5.41 Å². The van der Waals surface area contributed by atoms with E-state index in [0.717, 1.165) is 6.54 Å². The molecule has 1 unspecified atom stereocenters. The van der Waals surface area contributed by atoms with Gasteiger partial charge in [-0.05, 0) is 59.0 Å². The van der Waals surface area contributed by atoms with E-state index in [9.17, 15) is 0 Å². The van der Waals surface area contributed by atoms with Crippen molar-refractivity contribution in [2.75, 3.05) is 19.6 Å². The maximum atomic E-state index is 3.61. The van der Waals surface area contributed by atoms with E-state index in [1.165, 1.54) is 32.4 Å². The minimum absolute atomic E-state index is 0.238. The Morgan fingerprint density at radius 2 is 1.76 bits per heavy atom. The Kier molecular flexibility index (Phi) is 5.03. The molecule has 102 valence electrons. The molecule has 1 saturated heterocycles. The standard InChI is InChI=1S/C15H32N2/c1-7-15(6)8-10-17(11-9-15)13(2)12-16-14(3,4)5/h13,16H,7-12H2,1-6H3. The molecule has 1 fully saturated rings. The molecule has 2 heteroatoms. The van der Waals surface area contributed by atoms with Crippen LogP contribution >= 0.6 is 0 Å². The lowest BCUT2D eigenvalue weighted by Crippen LogP contribution is -2.49. The molecule has 0 aliphatic carbocycles. The Labute approximate surface area is 108 Å². The highest BCUT2D eigenvalue weighted by Crippen LogP contribution is 2.34. The van der Waals surface area contributed by atoms with Gasteiger partial charge in [-0.15, -0.1) is 0 Å². The summed E-state index contributed by atoms with van der Waals surface area (Å²) >= 11 is 0. The van der Waals surface area contributed by atoms with Gasteiger partial charge in [-0.25, -0.2) is 0 Å². The van der Waals surface area contributed by atoms with Crippen molar-refractivity contribution < 1.29 is 0 Å². The van der Waals surface area contributed by atoms with Gasteiger partial charge < -0.3 is 5.32 Å². The van der Waals surface area contributed by atoms with Crippen LogP contribution in [-0.2, 0) is 0 Å². The van der Waals surface area contributed by atoms with Gasteiger partial charge in [0.25, 0.3) is 0 Å². The molecule has 0 amide bonds. The maximum absolute atomic E-state index is 3.61. The summed E-state index contributed by atoms with van der Waals surface area (Å²) in [5.74, 6) is 0. The van der Waals surface area contributed by atoms with Gasteiger partial charge in [0.05, 0.1) is 0 Å². The second-order valence-corrected chi connectivity index (χ2v) is 7.18. The largest absolute Gasteiger partial charge is 0.311 e. The van der Waals surface area contributed by atoms with Gasteiger partial charge in [-0.1, -0.05) is 20.3 Å². The fourth-order valence-electron chi connectivity index (χ4n) is 2.44. The maximum Gasteiger partial charge on any atom is 0.0192 e. The quantitative estimate of drug-likeness (QED) is 0.811. The zero-order chi connectivity index (χ0) is 13.1. The third kappa shape index (κ3) is 4.97. The molecule has 0 radical (unpaired) electrons. The molecule has 0 bridgehead atoms. The topological polar surface area (TPSA) is 15.3 Å². The first kappa shape index (κ1) is 15.0. The van der Waals surface area contributed by atoms with Crippen LogP contribution < -0.4 is 5.32 Å². The molecule has 1 heterocycles. The summed E-state index contributed by atoms with van der Waals surface area (Å²) in [7, 11) is 0. The fourth-order valence-corrected chi connectivity index (χ4v) is 2.44. The van der Waals surface area contributed by atoms with Gasteiger partial charge >= 0.3 is 0 Å². The van der Waals surface area contributed by atoms with E-state index in [4.69, 9.17) is 0 Å². The van der Waals surface area contributed by atoms with Crippen molar-refractivity contribution in [3.63, 3.8) is 0 Å². The van der Waals surface area contributed by atoms with E-state index >= 15 is 0 Å². The van der Waals surface area contributed by atoms with E-state index in [1.807, 2.05) is 0 Å².